The van der Waals surface area contributed by atoms with E-state index in [2.05, 4.69) is 15.5 Å². The molecule has 0 fully saturated rings. The van der Waals surface area contributed by atoms with Gasteiger partial charge in [0.25, 0.3) is 5.91 Å². The van der Waals surface area contributed by atoms with Crippen LogP contribution in [-0.4, -0.2) is 36.4 Å². The third-order valence-corrected chi connectivity index (χ3v) is 6.35. The van der Waals surface area contributed by atoms with E-state index in [0.29, 0.717) is 16.1 Å². The molecule has 3 rings (SSSR count). The summed E-state index contributed by atoms with van der Waals surface area (Å²) in [5.41, 5.74) is 4.66. The number of sulfonamides is 1. The number of hydrogen-bond donors (Lipinski definition) is 1. The number of hydrazone groups is 1. The van der Waals surface area contributed by atoms with Crippen LogP contribution in [-0.2, 0) is 21.4 Å². The Morgan fingerprint density at radius 2 is 1.94 bits per heavy atom. The van der Waals surface area contributed by atoms with E-state index < -0.39 is 22.5 Å². The lowest BCUT2D eigenvalue weighted by atomic mass is 10.2. The van der Waals surface area contributed by atoms with Crippen molar-refractivity contribution >= 4 is 33.7 Å². The van der Waals surface area contributed by atoms with Crippen molar-refractivity contribution in [2.24, 2.45) is 5.10 Å². The maximum Gasteiger partial charge on any atom is 0.255 e. The molecule has 1 N–H and O–H groups in total. The highest BCUT2D eigenvalue weighted by molar-refractivity contribution is 7.89. The van der Waals surface area contributed by atoms with Gasteiger partial charge in [-0.2, -0.15) is 9.41 Å². The largest absolute Gasteiger partial charge is 0.272 e. The van der Waals surface area contributed by atoms with E-state index in [-0.39, 0.29) is 11.4 Å². The van der Waals surface area contributed by atoms with E-state index in [1.807, 2.05) is 6.92 Å². The van der Waals surface area contributed by atoms with Gasteiger partial charge in [0.1, 0.15) is 0 Å². The molecule has 1 aromatic heterocycles. The fraction of sp³-hybridized carbons (Fsp3) is 0.136. The van der Waals surface area contributed by atoms with Gasteiger partial charge in [-0.05, 0) is 42.8 Å². The Kier molecular flexibility index (Phi) is 7.51. The lowest BCUT2D eigenvalue weighted by molar-refractivity contribution is -0.121. The van der Waals surface area contributed by atoms with Crippen LogP contribution < -0.4 is 5.43 Å². The maximum atomic E-state index is 13.2. The highest BCUT2D eigenvalue weighted by Crippen LogP contribution is 2.20. The molecule has 160 valence electrons. The molecule has 0 aliphatic rings. The summed E-state index contributed by atoms with van der Waals surface area (Å²) in [5.74, 6) is -0.571. The minimum Gasteiger partial charge on any atom is -0.272 e. The maximum absolute atomic E-state index is 13.2. The second-order valence-electron chi connectivity index (χ2n) is 6.80. The van der Waals surface area contributed by atoms with Crippen molar-refractivity contribution in [2.45, 2.75) is 18.4 Å². The smallest absolute Gasteiger partial charge is 0.255 e. The van der Waals surface area contributed by atoms with Crippen molar-refractivity contribution < 1.29 is 13.2 Å². The zero-order valence-electron chi connectivity index (χ0n) is 16.8. The van der Waals surface area contributed by atoms with Crippen LogP contribution in [0.2, 0.25) is 5.02 Å². The van der Waals surface area contributed by atoms with Gasteiger partial charge in [0.05, 0.1) is 17.7 Å². The first kappa shape index (κ1) is 22.6. The number of nitrogens with one attached hydrogen (secondary N) is 1. The molecule has 0 spiro atoms. The summed E-state index contributed by atoms with van der Waals surface area (Å²) in [7, 11) is -3.93. The molecule has 0 unspecified atom stereocenters. The van der Waals surface area contributed by atoms with Crippen molar-refractivity contribution in [3.63, 3.8) is 0 Å². The minimum absolute atomic E-state index is 0.0174. The van der Waals surface area contributed by atoms with Gasteiger partial charge in [-0.1, -0.05) is 47.5 Å². The molecule has 1 heterocycles. The number of carbonyl (C=O) groups excluding carboxylic acids is 1. The lowest BCUT2D eigenvalue weighted by Gasteiger charge is -2.21. The summed E-state index contributed by atoms with van der Waals surface area (Å²) in [4.78, 5) is 16.5. The topological polar surface area (TPSA) is 91.7 Å². The second-order valence-corrected chi connectivity index (χ2v) is 9.17. The van der Waals surface area contributed by atoms with Gasteiger partial charge < -0.3 is 0 Å². The molecule has 2 aromatic carbocycles. The van der Waals surface area contributed by atoms with Crippen LogP contribution in [0.25, 0.3) is 0 Å². The number of aryl methyl sites for hydroxylation is 1. The molecule has 9 heteroatoms. The first-order valence-electron chi connectivity index (χ1n) is 9.38. The highest BCUT2D eigenvalue weighted by Gasteiger charge is 2.27. The van der Waals surface area contributed by atoms with E-state index >= 15 is 0 Å². The van der Waals surface area contributed by atoms with Gasteiger partial charge in [0, 0.05) is 29.5 Å². The van der Waals surface area contributed by atoms with Crippen LogP contribution in [0.5, 0.6) is 0 Å². The number of carbonyl (C=O) groups is 1. The summed E-state index contributed by atoms with van der Waals surface area (Å²) in [5, 5.41) is 4.36. The lowest BCUT2D eigenvalue weighted by Crippen LogP contribution is -2.39. The summed E-state index contributed by atoms with van der Waals surface area (Å²) in [6, 6.07) is 16.8. The van der Waals surface area contributed by atoms with Crippen molar-refractivity contribution in [1.29, 1.82) is 0 Å². The number of amides is 1. The zero-order chi connectivity index (χ0) is 22.3. The predicted molar refractivity (Wildman–Crippen MR) is 120 cm³/mol. The quantitative estimate of drug-likeness (QED) is 0.415. The summed E-state index contributed by atoms with van der Waals surface area (Å²) in [6.07, 6.45) is 4.64. The van der Waals surface area contributed by atoms with Gasteiger partial charge >= 0.3 is 0 Å². The first-order chi connectivity index (χ1) is 14.8. The number of hydrogen-bond acceptors (Lipinski definition) is 5. The fourth-order valence-electron chi connectivity index (χ4n) is 2.75. The van der Waals surface area contributed by atoms with Gasteiger partial charge in [-0.15, -0.1) is 0 Å². The van der Waals surface area contributed by atoms with E-state index in [9.17, 15) is 13.2 Å². The number of aromatic nitrogens is 1. The summed E-state index contributed by atoms with van der Waals surface area (Å²) >= 11 is 6.04. The van der Waals surface area contributed by atoms with Gasteiger partial charge in [0.15, 0.2) is 0 Å². The van der Waals surface area contributed by atoms with Gasteiger partial charge in [-0.3, -0.25) is 9.78 Å². The Hall–Kier alpha value is -3.07. The number of pyridine rings is 1. The molecule has 3 aromatic rings. The van der Waals surface area contributed by atoms with Crippen LogP contribution >= 0.6 is 11.6 Å². The average Bonchev–Trinajstić information content (AvgIpc) is 2.74. The second kappa shape index (κ2) is 10.3. The average molecular weight is 457 g/mol. The van der Waals surface area contributed by atoms with Crippen molar-refractivity contribution in [3.05, 3.63) is 94.8 Å². The van der Waals surface area contributed by atoms with Crippen molar-refractivity contribution in [3.8, 4) is 0 Å². The Bertz CT molecular complexity index is 1170. The molecular formula is C22H21ClN4O3S. The predicted octanol–water partition coefficient (Wildman–Crippen LogP) is 3.38. The monoisotopic (exact) mass is 456 g/mol. The molecule has 0 saturated heterocycles. The molecule has 0 aliphatic heterocycles. The van der Waals surface area contributed by atoms with Gasteiger partial charge in [0.2, 0.25) is 10.0 Å². The highest BCUT2D eigenvalue weighted by atomic mass is 35.5. The van der Waals surface area contributed by atoms with E-state index in [1.54, 1.807) is 60.9 Å². The molecule has 0 radical (unpaired) electrons. The number of benzene rings is 2. The van der Waals surface area contributed by atoms with E-state index in [4.69, 9.17) is 11.6 Å². The van der Waals surface area contributed by atoms with Gasteiger partial charge in [-0.25, -0.2) is 13.8 Å². The molecule has 0 saturated carbocycles. The standard InChI is InChI=1S/C22H21ClN4O3S/c1-17-7-9-21(10-8-17)31(29,30)27(15-18-4-2-6-20(23)12-18)16-22(28)26-25-14-19-5-3-11-24-13-19/h2-14H,15-16H2,1H3,(H,26,28)/b25-14-. The molecule has 0 atom stereocenters. The fourth-order valence-corrected chi connectivity index (χ4v) is 4.35. The van der Waals surface area contributed by atoms with E-state index in [0.717, 1.165) is 9.87 Å². The normalized spacial score (nSPS) is 11.7. The van der Waals surface area contributed by atoms with Crippen molar-refractivity contribution in [2.75, 3.05) is 6.54 Å². The van der Waals surface area contributed by atoms with Crippen LogP contribution in [0.3, 0.4) is 0 Å². The Morgan fingerprint density at radius 1 is 1.16 bits per heavy atom. The Morgan fingerprint density at radius 3 is 2.61 bits per heavy atom. The van der Waals surface area contributed by atoms with E-state index in [1.165, 1.54) is 18.3 Å². The van der Waals surface area contributed by atoms with Crippen molar-refractivity contribution in [1.82, 2.24) is 14.7 Å². The van der Waals surface area contributed by atoms with Crippen LogP contribution in [0.4, 0.5) is 0 Å². The molecule has 7 nitrogen and oxygen atoms in total. The number of nitrogens with zero attached hydrogens (tertiary/aromatic N) is 3. The molecular weight excluding hydrogens is 436 g/mol. The minimum atomic E-state index is -3.93. The van der Waals surface area contributed by atoms with Crippen LogP contribution in [0.15, 0.2) is 83.1 Å². The first-order valence-corrected chi connectivity index (χ1v) is 11.2. The van der Waals surface area contributed by atoms with Crippen LogP contribution in [0, 0.1) is 6.92 Å². The molecule has 0 aliphatic carbocycles. The SMILES string of the molecule is Cc1ccc(S(=O)(=O)N(CC(=O)N/N=C\c2cccnc2)Cc2cccc(Cl)c2)cc1. The molecule has 0 bridgehead atoms. The molecule has 31 heavy (non-hydrogen) atoms. The number of rotatable bonds is 8. The Labute approximate surface area is 186 Å². The Balaban J connectivity index is 1.80. The third kappa shape index (κ3) is 6.45. The summed E-state index contributed by atoms with van der Waals surface area (Å²) in [6.45, 7) is 1.44. The summed E-state index contributed by atoms with van der Waals surface area (Å²) < 4.78 is 27.6. The zero-order valence-corrected chi connectivity index (χ0v) is 18.3. The number of halogens is 1. The third-order valence-electron chi connectivity index (χ3n) is 4.31. The molecule has 1 amide bonds. The van der Waals surface area contributed by atoms with Crippen LogP contribution in [0.1, 0.15) is 16.7 Å².